The topological polar surface area (TPSA) is 76.2 Å². The van der Waals surface area contributed by atoms with E-state index >= 15 is 0 Å². The normalized spacial score (nSPS) is 10.4. The number of nitrogens with zero attached hydrogens (tertiary/aromatic N) is 1. The standard InChI is InChI=1S/C13H11ClN2O2S/c14-9-3-1-8(2-4-9)7-19-12-10(15)5-6-11(16-12)13(17)18/h1-6H,7,15H2,(H,17,18). The highest BCUT2D eigenvalue weighted by Gasteiger charge is 2.09. The van der Waals surface area contributed by atoms with Gasteiger partial charge in [0.05, 0.1) is 5.69 Å². The molecule has 19 heavy (non-hydrogen) atoms. The molecule has 0 unspecified atom stereocenters. The summed E-state index contributed by atoms with van der Waals surface area (Å²) in [6.07, 6.45) is 0. The van der Waals surface area contributed by atoms with Gasteiger partial charge >= 0.3 is 5.97 Å². The highest BCUT2D eigenvalue weighted by atomic mass is 35.5. The van der Waals surface area contributed by atoms with Gasteiger partial charge < -0.3 is 10.8 Å². The van der Waals surface area contributed by atoms with Crippen molar-refractivity contribution < 1.29 is 9.90 Å². The second-order valence-electron chi connectivity index (χ2n) is 3.81. The largest absolute Gasteiger partial charge is 0.477 e. The number of nitrogens with two attached hydrogens (primary N) is 1. The fourth-order valence-electron chi connectivity index (χ4n) is 1.42. The smallest absolute Gasteiger partial charge is 0.354 e. The van der Waals surface area contributed by atoms with Crippen LogP contribution in [0.25, 0.3) is 0 Å². The number of anilines is 1. The maximum Gasteiger partial charge on any atom is 0.354 e. The van der Waals surface area contributed by atoms with Gasteiger partial charge in [-0.25, -0.2) is 9.78 Å². The van der Waals surface area contributed by atoms with Crippen LogP contribution in [0.1, 0.15) is 16.1 Å². The van der Waals surface area contributed by atoms with Gasteiger partial charge in [-0.05, 0) is 29.8 Å². The Balaban J connectivity index is 2.12. The minimum atomic E-state index is -1.06. The Morgan fingerprint density at radius 1 is 1.26 bits per heavy atom. The number of rotatable bonds is 4. The van der Waals surface area contributed by atoms with Gasteiger partial charge in [-0.15, -0.1) is 0 Å². The van der Waals surface area contributed by atoms with Gasteiger partial charge in [-0.3, -0.25) is 0 Å². The van der Waals surface area contributed by atoms with Crippen LogP contribution in [0, 0.1) is 0 Å². The van der Waals surface area contributed by atoms with Gasteiger partial charge in [-0.2, -0.15) is 0 Å². The Labute approximate surface area is 119 Å². The zero-order valence-corrected chi connectivity index (χ0v) is 11.4. The van der Waals surface area contributed by atoms with E-state index in [0.29, 0.717) is 21.5 Å². The third kappa shape index (κ3) is 3.62. The molecule has 2 aromatic rings. The van der Waals surface area contributed by atoms with E-state index in [4.69, 9.17) is 22.4 Å². The second kappa shape index (κ2) is 5.95. The van der Waals surface area contributed by atoms with Gasteiger partial charge in [-0.1, -0.05) is 35.5 Å². The average Bonchev–Trinajstić information content (AvgIpc) is 2.39. The fraction of sp³-hybridized carbons (Fsp3) is 0.0769. The number of thioether (sulfide) groups is 1. The number of aromatic nitrogens is 1. The molecule has 4 nitrogen and oxygen atoms in total. The number of benzene rings is 1. The first kappa shape index (κ1) is 13.7. The molecule has 0 radical (unpaired) electrons. The van der Waals surface area contributed by atoms with Crippen molar-refractivity contribution in [3.63, 3.8) is 0 Å². The van der Waals surface area contributed by atoms with Crippen LogP contribution in [0.3, 0.4) is 0 Å². The van der Waals surface area contributed by atoms with Crippen molar-refractivity contribution in [2.75, 3.05) is 5.73 Å². The summed E-state index contributed by atoms with van der Waals surface area (Å²) < 4.78 is 0. The number of hydrogen-bond donors (Lipinski definition) is 2. The quantitative estimate of drug-likeness (QED) is 0.846. The number of carboxylic acids is 1. The van der Waals surface area contributed by atoms with Crippen LogP contribution in [-0.2, 0) is 5.75 Å². The number of halogens is 1. The lowest BCUT2D eigenvalue weighted by Crippen LogP contribution is -2.03. The molecule has 3 N–H and O–H groups in total. The molecule has 0 amide bonds. The zero-order chi connectivity index (χ0) is 13.8. The summed E-state index contributed by atoms with van der Waals surface area (Å²) in [5.74, 6) is -0.411. The van der Waals surface area contributed by atoms with Crippen molar-refractivity contribution in [1.82, 2.24) is 4.98 Å². The van der Waals surface area contributed by atoms with Crippen molar-refractivity contribution in [3.8, 4) is 0 Å². The van der Waals surface area contributed by atoms with Crippen molar-refractivity contribution in [2.24, 2.45) is 0 Å². The summed E-state index contributed by atoms with van der Waals surface area (Å²) in [5, 5.41) is 10.1. The summed E-state index contributed by atoms with van der Waals surface area (Å²) >= 11 is 7.20. The predicted molar refractivity (Wildman–Crippen MR) is 76.6 cm³/mol. The van der Waals surface area contributed by atoms with E-state index in [1.54, 1.807) is 6.07 Å². The van der Waals surface area contributed by atoms with E-state index in [9.17, 15) is 4.79 Å². The van der Waals surface area contributed by atoms with Gasteiger partial charge in [0.15, 0.2) is 0 Å². The van der Waals surface area contributed by atoms with Gasteiger partial charge in [0, 0.05) is 10.8 Å². The first-order chi connectivity index (χ1) is 9.06. The van der Waals surface area contributed by atoms with Crippen molar-refractivity contribution in [2.45, 2.75) is 10.8 Å². The molecular formula is C13H11ClN2O2S. The van der Waals surface area contributed by atoms with Crippen LogP contribution in [0.5, 0.6) is 0 Å². The van der Waals surface area contributed by atoms with Crippen LogP contribution in [-0.4, -0.2) is 16.1 Å². The highest BCUT2D eigenvalue weighted by Crippen LogP contribution is 2.26. The molecule has 1 heterocycles. The number of carboxylic acid groups (broad SMARTS) is 1. The van der Waals surface area contributed by atoms with Crippen LogP contribution in [0.2, 0.25) is 5.02 Å². The minimum absolute atomic E-state index is 0.00666. The third-order valence-electron chi connectivity index (χ3n) is 2.40. The third-order valence-corrected chi connectivity index (χ3v) is 3.73. The number of carbonyl (C=O) groups is 1. The van der Waals surface area contributed by atoms with E-state index in [1.165, 1.54) is 17.8 Å². The lowest BCUT2D eigenvalue weighted by atomic mass is 10.2. The molecule has 0 aliphatic heterocycles. The molecule has 0 saturated heterocycles. The van der Waals surface area contributed by atoms with E-state index < -0.39 is 5.97 Å². The van der Waals surface area contributed by atoms with E-state index in [2.05, 4.69) is 4.98 Å². The number of pyridine rings is 1. The maximum atomic E-state index is 10.8. The second-order valence-corrected chi connectivity index (χ2v) is 5.21. The SMILES string of the molecule is Nc1ccc(C(=O)O)nc1SCc1ccc(Cl)cc1. The number of hydrogen-bond acceptors (Lipinski definition) is 4. The van der Waals surface area contributed by atoms with Crippen molar-refractivity contribution in [1.29, 1.82) is 0 Å². The monoisotopic (exact) mass is 294 g/mol. The highest BCUT2D eigenvalue weighted by molar-refractivity contribution is 7.98. The molecular weight excluding hydrogens is 284 g/mol. The number of aromatic carboxylic acids is 1. The molecule has 98 valence electrons. The van der Waals surface area contributed by atoms with E-state index in [0.717, 1.165) is 5.56 Å². The van der Waals surface area contributed by atoms with Crippen LogP contribution < -0.4 is 5.73 Å². The predicted octanol–water partition coefficient (Wildman–Crippen LogP) is 3.31. The van der Waals surface area contributed by atoms with Crippen molar-refractivity contribution >= 4 is 35.0 Å². The zero-order valence-electron chi connectivity index (χ0n) is 9.84. The summed E-state index contributed by atoms with van der Waals surface area (Å²) in [6.45, 7) is 0. The van der Waals surface area contributed by atoms with E-state index in [-0.39, 0.29) is 5.69 Å². The molecule has 0 aliphatic rings. The van der Waals surface area contributed by atoms with Gasteiger partial charge in [0.1, 0.15) is 10.7 Å². The van der Waals surface area contributed by atoms with E-state index in [1.807, 2.05) is 24.3 Å². The molecule has 0 bridgehead atoms. The van der Waals surface area contributed by atoms with Gasteiger partial charge in [0.25, 0.3) is 0 Å². The molecule has 0 saturated carbocycles. The average molecular weight is 295 g/mol. The summed E-state index contributed by atoms with van der Waals surface area (Å²) in [7, 11) is 0. The summed E-state index contributed by atoms with van der Waals surface area (Å²) in [4.78, 5) is 14.9. The Morgan fingerprint density at radius 3 is 2.58 bits per heavy atom. The lowest BCUT2D eigenvalue weighted by molar-refractivity contribution is 0.0690. The van der Waals surface area contributed by atoms with Gasteiger partial charge in [0.2, 0.25) is 0 Å². The molecule has 1 aromatic heterocycles. The summed E-state index contributed by atoms with van der Waals surface area (Å²) in [5.41, 5.74) is 7.32. The Hall–Kier alpha value is -1.72. The summed E-state index contributed by atoms with van der Waals surface area (Å²) in [6, 6.07) is 10.4. The molecule has 0 spiro atoms. The minimum Gasteiger partial charge on any atom is -0.477 e. The van der Waals surface area contributed by atoms with Crippen molar-refractivity contribution in [3.05, 3.63) is 52.7 Å². The Kier molecular flexibility index (Phi) is 4.29. The molecule has 0 aliphatic carbocycles. The first-order valence-electron chi connectivity index (χ1n) is 5.43. The molecule has 0 fully saturated rings. The molecule has 6 heteroatoms. The molecule has 2 rings (SSSR count). The van der Waals surface area contributed by atoms with Crippen LogP contribution in [0.4, 0.5) is 5.69 Å². The first-order valence-corrected chi connectivity index (χ1v) is 6.79. The Bertz CT molecular complexity index is 602. The molecule has 1 aromatic carbocycles. The number of nitrogen functional groups attached to an aromatic ring is 1. The van der Waals surface area contributed by atoms with Crippen LogP contribution >= 0.6 is 23.4 Å². The fourth-order valence-corrected chi connectivity index (χ4v) is 2.44. The van der Waals surface area contributed by atoms with Crippen LogP contribution in [0.15, 0.2) is 41.4 Å². The lowest BCUT2D eigenvalue weighted by Gasteiger charge is -2.05. The molecule has 0 atom stereocenters. The Morgan fingerprint density at radius 2 is 1.95 bits per heavy atom. The maximum absolute atomic E-state index is 10.8.